The van der Waals surface area contributed by atoms with Crippen LogP contribution in [0.2, 0.25) is 0 Å². The molecule has 9 rings (SSSR count). The van der Waals surface area contributed by atoms with E-state index in [0.717, 1.165) is 82.9 Å². The molecule has 0 N–H and O–H groups in total. The summed E-state index contributed by atoms with van der Waals surface area (Å²) in [7, 11) is 0. The van der Waals surface area contributed by atoms with E-state index in [1.165, 1.54) is 0 Å². The third kappa shape index (κ3) is 4.45. The molecule has 0 aliphatic rings. The van der Waals surface area contributed by atoms with E-state index in [4.69, 9.17) is 19.9 Å². The quantitative estimate of drug-likeness (QED) is 0.192. The summed E-state index contributed by atoms with van der Waals surface area (Å²) < 4.78 is 0. The average molecular weight is 588 g/mol. The van der Waals surface area contributed by atoms with Gasteiger partial charge in [0.05, 0.1) is 39.3 Å². The van der Waals surface area contributed by atoms with Gasteiger partial charge in [-0.15, -0.1) is 0 Å². The van der Waals surface area contributed by atoms with E-state index in [2.05, 4.69) is 96.0 Å². The summed E-state index contributed by atoms with van der Waals surface area (Å²) in [6.07, 6.45) is 1.79. The second kappa shape index (κ2) is 10.7. The van der Waals surface area contributed by atoms with Crippen molar-refractivity contribution in [2.45, 2.75) is 0 Å². The Kier molecular flexibility index (Phi) is 6.06. The lowest BCUT2D eigenvalue weighted by atomic mass is 9.97. The van der Waals surface area contributed by atoms with E-state index >= 15 is 0 Å². The Bertz CT molecular complexity index is 2580. The van der Waals surface area contributed by atoms with Gasteiger partial charge in [0, 0.05) is 39.0 Å². The molecule has 5 nitrogen and oxygen atoms in total. The highest BCUT2D eigenvalue weighted by Crippen LogP contribution is 2.36. The first-order chi connectivity index (χ1) is 22.8. The molecular weight excluding hydrogens is 562 g/mol. The van der Waals surface area contributed by atoms with E-state index in [0.29, 0.717) is 5.82 Å². The molecule has 0 amide bonds. The van der Waals surface area contributed by atoms with Gasteiger partial charge in [-0.3, -0.25) is 4.98 Å². The molecule has 4 aromatic heterocycles. The van der Waals surface area contributed by atoms with Gasteiger partial charge in [0.2, 0.25) is 0 Å². The molecule has 0 saturated carbocycles. The number of hydrogen-bond donors (Lipinski definition) is 0. The van der Waals surface area contributed by atoms with Crippen molar-refractivity contribution in [2.24, 2.45) is 0 Å². The first-order valence-corrected chi connectivity index (χ1v) is 15.3. The Hall–Kier alpha value is -6.33. The molecule has 0 unspecified atom stereocenters. The van der Waals surface area contributed by atoms with Crippen LogP contribution < -0.4 is 0 Å². The summed E-state index contributed by atoms with van der Waals surface area (Å²) in [5, 5.41) is 5.29. The lowest BCUT2D eigenvalue weighted by Gasteiger charge is -2.13. The van der Waals surface area contributed by atoms with Crippen molar-refractivity contribution in [1.82, 2.24) is 24.9 Å². The summed E-state index contributed by atoms with van der Waals surface area (Å²) in [6.45, 7) is 0. The van der Waals surface area contributed by atoms with Crippen LogP contribution in [0.1, 0.15) is 0 Å². The van der Waals surface area contributed by atoms with E-state index in [9.17, 15) is 0 Å². The molecule has 0 spiro atoms. The zero-order valence-corrected chi connectivity index (χ0v) is 24.7. The van der Waals surface area contributed by atoms with Gasteiger partial charge in [-0.25, -0.2) is 19.9 Å². The Morgan fingerprint density at radius 1 is 0.391 bits per heavy atom. The SMILES string of the molecule is c1ccc(-c2nc(-c3cc(-c4ccc5ccc6ccc(-c7ccccn7)nc6c5n4)cc4ccccc34)nc3ccccc23)cc1. The smallest absolute Gasteiger partial charge is 0.161 e. The van der Waals surface area contributed by atoms with Crippen LogP contribution in [0, 0.1) is 0 Å². The fourth-order valence-corrected chi connectivity index (χ4v) is 6.24. The summed E-state index contributed by atoms with van der Waals surface area (Å²) in [5.74, 6) is 0.684. The molecule has 0 fully saturated rings. The highest BCUT2D eigenvalue weighted by Gasteiger charge is 2.16. The maximum atomic E-state index is 5.24. The predicted molar refractivity (Wildman–Crippen MR) is 187 cm³/mol. The lowest BCUT2D eigenvalue weighted by Crippen LogP contribution is -1.97. The molecule has 0 bridgehead atoms. The van der Waals surface area contributed by atoms with Crippen LogP contribution in [-0.4, -0.2) is 24.9 Å². The highest BCUT2D eigenvalue weighted by molar-refractivity contribution is 6.05. The van der Waals surface area contributed by atoms with Gasteiger partial charge < -0.3 is 0 Å². The Morgan fingerprint density at radius 2 is 1.07 bits per heavy atom. The van der Waals surface area contributed by atoms with Crippen LogP contribution in [0.4, 0.5) is 0 Å². The summed E-state index contributed by atoms with van der Waals surface area (Å²) in [5.41, 5.74) is 9.07. The molecule has 0 aliphatic heterocycles. The Morgan fingerprint density at radius 3 is 1.87 bits per heavy atom. The molecule has 9 aromatic rings. The summed E-state index contributed by atoms with van der Waals surface area (Å²) in [4.78, 5) is 25.1. The van der Waals surface area contributed by atoms with Crippen molar-refractivity contribution in [3.63, 3.8) is 0 Å². The zero-order valence-electron chi connectivity index (χ0n) is 24.7. The number of para-hydroxylation sites is 1. The summed E-state index contributed by atoms with van der Waals surface area (Å²) in [6, 6.07) is 49.7. The van der Waals surface area contributed by atoms with E-state index in [1.54, 1.807) is 6.20 Å². The van der Waals surface area contributed by atoms with Crippen molar-refractivity contribution < 1.29 is 0 Å². The van der Waals surface area contributed by atoms with E-state index < -0.39 is 0 Å². The van der Waals surface area contributed by atoms with Crippen molar-refractivity contribution in [1.29, 1.82) is 0 Å². The van der Waals surface area contributed by atoms with Crippen LogP contribution >= 0.6 is 0 Å². The normalized spacial score (nSPS) is 11.5. The minimum atomic E-state index is 0.684. The molecule has 0 aliphatic carbocycles. The Labute approximate surface area is 264 Å². The lowest BCUT2D eigenvalue weighted by molar-refractivity contribution is 1.23. The molecule has 5 heteroatoms. The molecule has 46 heavy (non-hydrogen) atoms. The highest BCUT2D eigenvalue weighted by atomic mass is 14.9. The van der Waals surface area contributed by atoms with Gasteiger partial charge in [0.1, 0.15) is 0 Å². The number of nitrogens with zero attached hydrogens (tertiary/aromatic N) is 5. The monoisotopic (exact) mass is 587 g/mol. The second-order valence-electron chi connectivity index (χ2n) is 11.3. The van der Waals surface area contributed by atoms with Crippen molar-refractivity contribution in [2.75, 3.05) is 0 Å². The van der Waals surface area contributed by atoms with Crippen LogP contribution in [0.3, 0.4) is 0 Å². The second-order valence-corrected chi connectivity index (χ2v) is 11.3. The maximum absolute atomic E-state index is 5.24. The molecule has 0 radical (unpaired) electrons. The molecule has 5 aromatic carbocycles. The maximum Gasteiger partial charge on any atom is 0.161 e. The topological polar surface area (TPSA) is 64.5 Å². The van der Waals surface area contributed by atoms with Gasteiger partial charge >= 0.3 is 0 Å². The first kappa shape index (κ1) is 26.1. The number of aromatic nitrogens is 5. The minimum Gasteiger partial charge on any atom is -0.255 e. The third-order valence-electron chi connectivity index (χ3n) is 8.50. The fraction of sp³-hybridized carbons (Fsp3) is 0. The van der Waals surface area contributed by atoms with Crippen LogP contribution in [0.5, 0.6) is 0 Å². The van der Waals surface area contributed by atoms with Gasteiger partial charge in [-0.05, 0) is 53.2 Å². The van der Waals surface area contributed by atoms with E-state index in [-0.39, 0.29) is 0 Å². The molecule has 0 atom stereocenters. The average Bonchev–Trinajstić information content (AvgIpc) is 3.14. The van der Waals surface area contributed by atoms with Crippen molar-refractivity contribution in [3.05, 3.63) is 152 Å². The number of rotatable bonds is 4. The van der Waals surface area contributed by atoms with Gasteiger partial charge in [-0.1, -0.05) is 103 Å². The van der Waals surface area contributed by atoms with Gasteiger partial charge in [0.25, 0.3) is 0 Å². The molecular formula is C41H25N5. The third-order valence-corrected chi connectivity index (χ3v) is 8.50. The van der Waals surface area contributed by atoms with E-state index in [1.807, 2.05) is 54.6 Å². The van der Waals surface area contributed by atoms with Crippen LogP contribution in [0.25, 0.3) is 88.8 Å². The van der Waals surface area contributed by atoms with Crippen LogP contribution in [-0.2, 0) is 0 Å². The first-order valence-electron chi connectivity index (χ1n) is 15.3. The zero-order chi connectivity index (χ0) is 30.5. The van der Waals surface area contributed by atoms with Gasteiger partial charge in [-0.2, -0.15) is 0 Å². The number of fused-ring (bicyclic) bond motifs is 5. The number of hydrogen-bond acceptors (Lipinski definition) is 5. The number of benzene rings is 5. The van der Waals surface area contributed by atoms with Crippen molar-refractivity contribution in [3.8, 4) is 45.3 Å². The van der Waals surface area contributed by atoms with Crippen molar-refractivity contribution >= 4 is 43.5 Å². The molecule has 214 valence electrons. The molecule has 0 saturated heterocycles. The summed E-state index contributed by atoms with van der Waals surface area (Å²) >= 11 is 0. The molecule has 4 heterocycles. The minimum absolute atomic E-state index is 0.684. The Balaban J connectivity index is 1.26. The van der Waals surface area contributed by atoms with Crippen LogP contribution in [0.15, 0.2) is 152 Å². The largest absolute Gasteiger partial charge is 0.255 e. The predicted octanol–water partition coefficient (Wildman–Crippen LogP) is 9.94. The van der Waals surface area contributed by atoms with Gasteiger partial charge in [0.15, 0.2) is 5.82 Å². The standard InChI is InChI=1S/C41H25N5/c1-2-10-26(11-3-1)38-32-14-6-7-15-35(32)45-41(46-38)33-25-30(24-29-12-4-5-13-31(29)33)34-21-19-27-17-18-28-20-22-37(36-16-8-9-23-42-36)44-40(28)39(27)43-34/h1-25H. The fourth-order valence-electron chi connectivity index (χ4n) is 6.24. The number of pyridine rings is 3.